The highest BCUT2D eigenvalue weighted by atomic mass is 79.9. The predicted molar refractivity (Wildman–Crippen MR) is 72.7 cm³/mol. The highest BCUT2D eigenvalue weighted by Gasteiger charge is 2.26. The van der Waals surface area contributed by atoms with Crippen LogP contribution < -0.4 is 5.73 Å². The summed E-state index contributed by atoms with van der Waals surface area (Å²) in [7, 11) is -0.621. The summed E-state index contributed by atoms with van der Waals surface area (Å²) in [5.41, 5.74) is 5.59. The minimum absolute atomic E-state index is 0.0110. The fraction of sp³-hybridized carbons (Fsp3) is 0.300. The van der Waals surface area contributed by atoms with E-state index in [1.165, 1.54) is 17.9 Å². The number of rotatable bonds is 4. The molecular formula is C10H13BrN4O3S. The van der Waals surface area contributed by atoms with Crippen molar-refractivity contribution in [1.82, 2.24) is 14.1 Å². The largest absolute Gasteiger partial charge is 0.453 e. The van der Waals surface area contributed by atoms with Crippen LogP contribution in [0.4, 0.5) is 5.82 Å². The van der Waals surface area contributed by atoms with Crippen LogP contribution in [-0.4, -0.2) is 29.6 Å². The van der Waals surface area contributed by atoms with Crippen LogP contribution in [0.2, 0.25) is 0 Å². The molecule has 0 bridgehead atoms. The molecule has 2 N–H and O–H groups in total. The summed E-state index contributed by atoms with van der Waals surface area (Å²) >= 11 is 3.16. The molecule has 0 aliphatic rings. The molecule has 104 valence electrons. The molecule has 2 aromatic heterocycles. The number of nitrogens with zero attached hydrogens (tertiary/aromatic N) is 3. The third-order valence-corrected chi connectivity index (χ3v) is 4.76. The lowest BCUT2D eigenvalue weighted by Gasteiger charge is -2.14. The number of hydrogen-bond acceptors (Lipinski definition) is 5. The van der Waals surface area contributed by atoms with E-state index in [2.05, 4.69) is 21.0 Å². The van der Waals surface area contributed by atoms with Crippen molar-refractivity contribution < 1.29 is 12.8 Å². The molecule has 0 amide bonds. The quantitative estimate of drug-likeness (QED) is 0.894. The number of anilines is 1. The Balaban J connectivity index is 2.27. The second-order valence-electron chi connectivity index (χ2n) is 4.02. The van der Waals surface area contributed by atoms with Crippen molar-refractivity contribution in [3.05, 3.63) is 28.8 Å². The molecule has 0 unspecified atom stereocenters. The number of sulfonamides is 1. The summed E-state index contributed by atoms with van der Waals surface area (Å²) in [5, 5.41) is 3.83. The Morgan fingerprint density at radius 1 is 1.53 bits per heavy atom. The zero-order valence-corrected chi connectivity index (χ0v) is 12.8. The van der Waals surface area contributed by atoms with Gasteiger partial charge in [0.05, 0.1) is 6.54 Å². The molecule has 0 aliphatic carbocycles. The van der Waals surface area contributed by atoms with Gasteiger partial charge >= 0.3 is 0 Å². The SMILES string of the molecule is CN(Cc1ccc(Br)o1)S(=O)(=O)c1cn(C)nc1N. The molecule has 0 fully saturated rings. The van der Waals surface area contributed by atoms with E-state index in [1.54, 1.807) is 19.2 Å². The molecule has 2 rings (SSSR count). The molecule has 7 nitrogen and oxygen atoms in total. The van der Waals surface area contributed by atoms with Gasteiger partial charge in [-0.2, -0.15) is 9.40 Å². The van der Waals surface area contributed by atoms with Gasteiger partial charge in [-0.15, -0.1) is 0 Å². The van der Waals surface area contributed by atoms with Crippen molar-refractivity contribution in [3.8, 4) is 0 Å². The summed E-state index contributed by atoms with van der Waals surface area (Å²) in [6.07, 6.45) is 1.37. The lowest BCUT2D eigenvalue weighted by molar-refractivity contribution is 0.398. The topological polar surface area (TPSA) is 94.4 Å². The van der Waals surface area contributed by atoms with Crippen molar-refractivity contribution >= 4 is 31.8 Å². The Kier molecular flexibility index (Phi) is 3.70. The first-order chi connectivity index (χ1) is 8.80. The van der Waals surface area contributed by atoms with Crippen molar-refractivity contribution in [2.24, 2.45) is 7.05 Å². The molecule has 0 atom stereocenters. The number of hydrogen-bond donors (Lipinski definition) is 1. The summed E-state index contributed by atoms with van der Waals surface area (Å²) in [6, 6.07) is 3.40. The second kappa shape index (κ2) is 4.99. The Bertz CT molecular complexity index is 691. The summed E-state index contributed by atoms with van der Waals surface area (Å²) < 4.78 is 33.0. The Labute approximate surface area is 119 Å². The van der Waals surface area contributed by atoms with E-state index in [0.717, 1.165) is 4.31 Å². The molecule has 9 heteroatoms. The van der Waals surface area contributed by atoms with Crippen molar-refractivity contribution in [2.45, 2.75) is 11.4 Å². The van der Waals surface area contributed by atoms with Gasteiger partial charge in [0.1, 0.15) is 10.7 Å². The third-order valence-electron chi connectivity index (χ3n) is 2.52. The van der Waals surface area contributed by atoms with Crippen molar-refractivity contribution in [3.63, 3.8) is 0 Å². The molecule has 0 saturated heterocycles. The minimum Gasteiger partial charge on any atom is -0.453 e. The van der Waals surface area contributed by atoms with Crippen LogP contribution in [0.25, 0.3) is 0 Å². The molecule has 0 saturated carbocycles. The van der Waals surface area contributed by atoms with Gasteiger partial charge in [-0.1, -0.05) is 0 Å². The average Bonchev–Trinajstić information content (AvgIpc) is 2.85. The maximum Gasteiger partial charge on any atom is 0.248 e. The van der Waals surface area contributed by atoms with E-state index >= 15 is 0 Å². The van der Waals surface area contributed by atoms with Crippen molar-refractivity contribution in [2.75, 3.05) is 12.8 Å². The first kappa shape index (κ1) is 14.1. The third kappa shape index (κ3) is 2.82. The molecule has 0 spiro atoms. The highest BCUT2D eigenvalue weighted by Crippen LogP contribution is 2.22. The van der Waals surface area contributed by atoms with E-state index in [1.807, 2.05) is 0 Å². The monoisotopic (exact) mass is 348 g/mol. The molecule has 0 aromatic carbocycles. The van der Waals surface area contributed by atoms with E-state index in [0.29, 0.717) is 10.4 Å². The first-order valence-electron chi connectivity index (χ1n) is 5.30. The van der Waals surface area contributed by atoms with Gasteiger partial charge in [-0.25, -0.2) is 8.42 Å². The molecular weight excluding hydrogens is 336 g/mol. The number of aryl methyl sites for hydroxylation is 1. The van der Waals surface area contributed by atoms with Crippen molar-refractivity contribution in [1.29, 1.82) is 0 Å². The molecule has 19 heavy (non-hydrogen) atoms. The number of furan rings is 1. The van der Waals surface area contributed by atoms with Crippen LogP contribution in [0, 0.1) is 0 Å². The maximum absolute atomic E-state index is 12.3. The fourth-order valence-corrected chi connectivity index (χ4v) is 3.16. The van der Waals surface area contributed by atoms with Crippen LogP contribution in [0.1, 0.15) is 5.76 Å². The van der Waals surface area contributed by atoms with Gasteiger partial charge in [0.2, 0.25) is 10.0 Å². The highest BCUT2D eigenvalue weighted by molar-refractivity contribution is 9.10. The summed E-state index contributed by atoms with van der Waals surface area (Å²) in [4.78, 5) is -0.0110. The van der Waals surface area contributed by atoms with Gasteiger partial charge in [0, 0.05) is 20.3 Å². The number of halogens is 1. The van der Waals surface area contributed by atoms with Crippen LogP contribution >= 0.6 is 15.9 Å². The van der Waals surface area contributed by atoms with E-state index in [4.69, 9.17) is 10.2 Å². The van der Waals surface area contributed by atoms with Crippen LogP contribution in [0.3, 0.4) is 0 Å². The number of aromatic nitrogens is 2. The first-order valence-corrected chi connectivity index (χ1v) is 7.53. The lowest BCUT2D eigenvalue weighted by atomic mass is 10.4. The maximum atomic E-state index is 12.3. The predicted octanol–water partition coefficient (Wildman–Crippen LogP) is 1.18. The van der Waals surface area contributed by atoms with Gasteiger partial charge in [-0.05, 0) is 28.1 Å². The second-order valence-corrected chi connectivity index (χ2v) is 6.81. The Morgan fingerprint density at radius 3 is 2.68 bits per heavy atom. The smallest absolute Gasteiger partial charge is 0.248 e. The van der Waals surface area contributed by atoms with E-state index in [9.17, 15) is 8.42 Å². The number of nitrogen functional groups attached to an aromatic ring is 1. The van der Waals surface area contributed by atoms with E-state index < -0.39 is 10.0 Å². The molecule has 2 heterocycles. The van der Waals surface area contributed by atoms with Gasteiger partial charge in [0.25, 0.3) is 0 Å². The van der Waals surface area contributed by atoms with Crippen LogP contribution in [0.5, 0.6) is 0 Å². The molecule has 0 radical (unpaired) electrons. The van der Waals surface area contributed by atoms with Gasteiger partial charge in [0.15, 0.2) is 10.5 Å². The van der Waals surface area contributed by atoms with E-state index in [-0.39, 0.29) is 17.3 Å². The summed E-state index contributed by atoms with van der Waals surface area (Å²) in [6.45, 7) is 0.113. The lowest BCUT2D eigenvalue weighted by Crippen LogP contribution is -2.26. The van der Waals surface area contributed by atoms with Gasteiger partial charge in [-0.3, -0.25) is 4.68 Å². The zero-order chi connectivity index (χ0) is 14.2. The Morgan fingerprint density at radius 2 is 2.21 bits per heavy atom. The fourth-order valence-electron chi connectivity index (χ4n) is 1.59. The van der Waals surface area contributed by atoms with Crippen LogP contribution in [0.15, 0.2) is 32.3 Å². The normalized spacial score (nSPS) is 12.2. The summed E-state index contributed by atoms with van der Waals surface area (Å²) in [5.74, 6) is 0.510. The van der Waals surface area contributed by atoms with Gasteiger partial charge < -0.3 is 10.2 Å². The minimum atomic E-state index is -3.69. The zero-order valence-electron chi connectivity index (χ0n) is 10.4. The average molecular weight is 349 g/mol. The molecule has 0 aliphatic heterocycles. The van der Waals surface area contributed by atoms with Crippen LogP contribution in [-0.2, 0) is 23.6 Å². The Hall–Kier alpha value is -1.32. The standard InChI is InChI=1S/C10H13BrN4O3S/c1-14-6-8(10(12)13-14)19(16,17)15(2)5-7-3-4-9(11)18-7/h3-4,6H,5H2,1-2H3,(H2,12,13). The number of nitrogens with two attached hydrogens (primary N) is 1. The molecule has 2 aromatic rings.